The van der Waals surface area contributed by atoms with Gasteiger partial charge in [0.15, 0.2) is 0 Å². The van der Waals surface area contributed by atoms with Gasteiger partial charge in [-0.15, -0.1) is 0 Å². The third-order valence-corrected chi connectivity index (χ3v) is 4.52. The van der Waals surface area contributed by atoms with Crippen molar-refractivity contribution in [2.45, 2.75) is 37.7 Å². The Kier molecular flexibility index (Phi) is 4.52. The summed E-state index contributed by atoms with van der Waals surface area (Å²) in [7, 11) is 0. The number of aromatic amines is 1. The van der Waals surface area contributed by atoms with E-state index >= 15 is 0 Å². The van der Waals surface area contributed by atoms with E-state index in [9.17, 15) is 14.3 Å². The van der Waals surface area contributed by atoms with Gasteiger partial charge in [-0.1, -0.05) is 12.8 Å². The summed E-state index contributed by atoms with van der Waals surface area (Å²) < 4.78 is 13.3. The van der Waals surface area contributed by atoms with Crippen molar-refractivity contribution in [3.63, 3.8) is 0 Å². The van der Waals surface area contributed by atoms with Gasteiger partial charge in [-0.2, -0.15) is 0 Å². The number of halogens is 1. The number of hydrogen-bond donors (Lipinski definition) is 4. The fourth-order valence-electron chi connectivity index (χ4n) is 3.19. The van der Waals surface area contributed by atoms with Crippen LogP contribution in [0.25, 0.3) is 10.9 Å². The Bertz CT molecular complexity index is 692. The number of benzene rings is 1. The largest absolute Gasteiger partial charge is 0.388 e. The maximum absolute atomic E-state index is 13.3. The fraction of sp³-hybridized carbons (Fsp3) is 0.471. The first kappa shape index (κ1) is 15.8. The Hall–Kier alpha value is -2.08. The van der Waals surface area contributed by atoms with Crippen molar-refractivity contribution in [2.24, 2.45) is 0 Å². The van der Waals surface area contributed by atoms with Gasteiger partial charge in [-0.3, -0.25) is 0 Å². The lowest BCUT2D eigenvalue weighted by Crippen LogP contribution is -2.45. The number of carbonyl (C=O) groups excluding carboxylic acids is 1. The SMILES string of the molecule is O=C(NCCc1c[nH]c2ccc(F)cc12)NCC1(O)CCCC1. The molecule has 124 valence electrons. The normalized spacial score (nSPS) is 16.6. The smallest absolute Gasteiger partial charge is 0.314 e. The standard InChI is InChI=1S/C17H22FN3O2/c18-13-3-4-15-14(9-13)12(10-20-15)5-8-19-16(22)21-11-17(23)6-1-2-7-17/h3-4,9-10,20,23H,1-2,5-8,11H2,(H2,19,21,22). The highest BCUT2D eigenvalue weighted by atomic mass is 19.1. The van der Waals surface area contributed by atoms with Crippen molar-refractivity contribution in [3.05, 3.63) is 35.8 Å². The maximum Gasteiger partial charge on any atom is 0.314 e. The van der Waals surface area contributed by atoms with Crippen molar-refractivity contribution in [2.75, 3.05) is 13.1 Å². The predicted molar refractivity (Wildman–Crippen MR) is 86.8 cm³/mol. The number of hydrogen-bond acceptors (Lipinski definition) is 2. The van der Waals surface area contributed by atoms with Gasteiger partial charge in [-0.25, -0.2) is 9.18 Å². The lowest BCUT2D eigenvalue weighted by atomic mass is 10.0. The van der Waals surface area contributed by atoms with Gasteiger partial charge in [0.1, 0.15) is 5.82 Å². The first-order chi connectivity index (χ1) is 11.1. The molecule has 0 atom stereocenters. The maximum atomic E-state index is 13.3. The molecule has 23 heavy (non-hydrogen) atoms. The van der Waals surface area contributed by atoms with Crippen molar-refractivity contribution in [1.82, 2.24) is 15.6 Å². The molecule has 4 N–H and O–H groups in total. The highest BCUT2D eigenvalue weighted by molar-refractivity contribution is 5.83. The minimum atomic E-state index is -0.744. The molecule has 1 fully saturated rings. The number of rotatable bonds is 5. The second-order valence-corrected chi connectivity index (χ2v) is 6.29. The molecule has 0 bridgehead atoms. The summed E-state index contributed by atoms with van der Waals surface area (Å²) in [6.07, 6.45) is 5.96. The van der Waals surface area contributed by atoms with Crippen molar-refractivity contribution in [3.8, 4) is 0 Å². The summed E-state index contributed by atoms with van der Waals surface area (Å²) in [4.78, 5) is 14.9. The van der Waals surface area contributed by atoms with E-state index < -0.39 is 5.60 Å². The number of carbonyl (C=O) groups is 1. The van der Waals surface area contributed by atoms with Crippen LogP contribution >= 0.6 is 0 Å². The van der Waals surface area contributed by atoms with Gasteiger partial charge in [0.25, 0.3) is 0 Å². The quantitative estimate of drug-likeness (QED) is 0.683. The molecule has 1 aliphatic carbocycles. The number of amides is 2. The van der Waals surface area contributed by atoms with E-state index in [0.29, 0.717) is 13.0 Å². The summed E-state index contributed by atoms with van der Waals surface area (Å²) in [6, 6.07) is 4.34. The molecular weight excluding hydrogens is 297 g/mol. The summed E-state index contributed by atoms with van der Waals surface area (Å²) in [5.41, 5.74) is 1.11. The van der Waals surface area contributed by atoms with Crippen LogP contribution in [0.2, 0.25) is 0 Å². The van der Waals surface area contributed by atoms with Crippen LogP contribution in [0.15, 0.2) is 24.4 Å². The van der Waals surface area contributed by atoms with Crippen LogP contribution in [-0.4, -0.2) is 34.8 Å². The van der Waals surface area contributed by atoms with Gasteiger partial charge in [0.2, 0.25) is 0 Å². The van der Waals surface area contributed by atoms with Crippen LogP contribution in [-0.2, 0) is 6.42 Å². The zero-order valence-corrected chi connectivity index (χ0v) is 13.0. The van der Waals surface area contributed by atoms with Crippen LogP contribution in [0.4, 0.5) is 9.18 Å². The molecule has 0 aliphatic heterocycles. The van der Waals surface area contributed by atoms with Crippen molar-refractivity contribution < 1.29 is 14.3 Å². The lowest BCUT2D eigenvalue weighted by molar-refractivity contribution is 0.0501. The number of fused-ring (bicyclic) bond motifs is 1. The average molecular weight is 319 g/mol. The summed E-state index contributed by atoms with van der Waals surface area (Å²) in [5, 5.41) is 16.5. The molecule has 0 radical (unpaired) electrons. The fourth-order valence-corrected chi connectivity index (χ4v) is 3.19. The Labute approximate surface area is 134 Å². The zero-order chi connectivity index (χ0) is 16.3. The van der Waals surface area contributed by atoms with E-state index in [4.69, 9.17) is 0 Å². The molecule has 3 rings (SSSR count). The number of H-pyrrole nitrogens is 1. The highest BCUT2D eigenvalue weighted by Crippen LogP contribution is 2.28. The Morgan fingerprint density at radius 1 is 1.30 bits per heavy atom. The first-order valence-corrected chi connectivity index (χ1v) is 8.05. The third-order valence-electron chi connectivity index (χ3n) is 4.52. The van der Waals surface area contributed by atoms with Gasteiger partial charge >= 0.3 is 6.03 Å². The van der Waals surface area contributed by atoms with E-state index in [1.807, 2.05) is 6.20 Å². The highest BCUT2D eigenvalue weighted by Gasteiger charge is 2.31. The topological polar surface area (TPSA) is 77.2 Å². The van der Waals surface area contributed by atoms with Crippen molar-refractivity contribution in [1.29, 1.82) is 0 Å². The summed E-state index contributed by atoms with van der Waals surface area (Å²) in [6.45, 7) is 0.741. The molecule has 5 nitrogen and oxygen atoms in total. The van der Waals surface area contributed by atoms with E-state index in [2.05, 4.69) is 15.6 Å². The van der Waals surface area contributed by atoms with Crippen LogP contribution in [0.3, 0.4) is 0 Å². The lowest BCUT2D eigenvalue weighted by Gasteiger charge is -2.22. The number of urea groups is 1. The van der Waals surface area contributed by atoms with Crippen LogP contribution in [0, 0.1) is 5.82 Å². The molecule has 0 spiro atoms. The van der Waals surface area contributed by atoms with Crippen LogP contribution in [0.5, 0.6) is 0 Å². The summed E-state index contributed by atoms with van der Waals surface area (Å²) in [5.74, 6) is -0.270. The van der Waals surface area contributed by atoms with Gasteiger partial charge in [-0.05, 0) is 43.0 Å². The van der Waals surface area contributed by atoms with E-state index in [0.717, 1.165) is 42.1 Å². The minimum Gasteiger partial charge on any atom is -0.388 e. The van der Waals surface area contributed by atoms with Gasteiger partial charge in [0.05, 0.1) is 5.60 Å². The number of aliphatic hydroxyl groups is 1. The number of aromatic nitrogens is 1. The van der Waals surface area contributed by atoms with Crippen LogP contribution in [0.1, 0.15) is 31.2 Å². The van der Waals surface area contributed by atoms with Crippen molar-refractivity contribution >= 4 is 16.9 Å². The predicted octanol–water partition coefficient (Wildman–Crippen LogP) is 2.45. The molecule has 1 aromatic carbocycles. The second kappa shape index (κ2) is 6.58. The van der Waals surface area contributed by atoms with E-state index in [-0.39, 0.29) is 18.4 Å². The minimum absolute atomic E-state index is 0.270. The van der Waals surface area contributed by atoms with E-state index in [1.54, 1.807) is 6.07 Å². The average Bonchev–Trinajstić information content (AvgIpc) is 3.13. The molecular formula is C17H22FN3O2. The van der Waals surface area contributed by atoms with Gasteiger partial charge in [0, 0.05) is 30.2 Å². The molecule has 1 aliphatic rings. The molecule has 2 amide bonds. The second-order valence-electron chi connectivity index (χ2n) is 6.29. The zero-order valence-electron chi connectivity index (χ0n) is 13.0. The monoisotopic (exact) mass is 319 g/mol. The molecule has 0 saturated heterocycles. The Morgan fingerprint density at radius 2 is 2.09 bits per heavy atom. The molecule has 1 heterocycles. The Balaban J connectivity index is 1.46. The molecule has 1 saturated carbocycles. The molecule has 1 aromatic heterocycles. The third kappa shape index (κ3) is 3.82. The molecule has 6 heteroatoms. The van der Waals surface area contributed by atoms with Crippen LogP contribution < -0.4 is 10.6 Å². The first-order valence-electron chi connectivity index (χ1n) is 8.05. The Morgan fingerprint density at radius 3 is 2.87 bits per heavy atom. The molecule has 2 aromatic rings. The number of nitrogens with one attached hydrogen (secondary N) is 3. The summed E-state index contributed by atoms with van der Waals surface area (Å²) >= 11 is 0. The van der Waals surface area contributed by atoms with Gasteiger partial charge < -0.3 is 20.7 Å². The molecule has 0 unspecified atom stereocenters. The van der Waals surface area contributed by atoms with E-state index in [1.165, 1.54) is 12.1 Å².